The molecule has 2 aromatic carbocycles. The van der Waals surface area contributed by atoms with Crippen molar-refractivity contribution in [2.24, 2.45) is 5.73 Å². The number of halogens is 1. The van der Waals surface area contributed by atoms with E-state index in [2.05, 4.69) is 0 Å². The van der Waals surface area contributed by atoms with Crippen LogP contribution in [0.2, 0.25) is 0 Å². The van der Waals surface area contributed by atoms with Crippen LogP contribution in [0, 0.1) is 5.82 Å². The van der Waals surface area contributed by atoms with E-state index >= 15 is 0 Å². The summed E-state index contributed by atoms with van der Waals surface area (Å²) in [6.07, 6.45) is 0. The van der Waals surface area contributed by atoms with Gasteiger partial charge in [-0.1, -0.05) is 30.3 Å². The van der Waals surface area contributed by atoms with Crippen molar-refractivity contribution in [2.45, 2.75) is 6.04 Å². The minimum atomic E-state index is -0.379. The lowest BCUT2D eigenvalue weighted by atomic mass is 10.0. The Bertz CT molecular complexity index is 496. The highest BCUT2D eigenvalue weighted by molar-refractivity contribution is 5.64. The maximum atomic E-state index is 12.8. The molecule has 3 N–H and O–H groups in total. The molecule has 1 atom stereocenters. The lowest BCUT2D eigenvalue weighted by molar-refractivity contribution is 0.268. The van der Waals surface area contributed by atoms with Gasteiger partial charge >= 0.3 is 0 Å². The number of aliphatic hydroxyl groups is 1. The van der Waals surface area contributed by atoms with Gasteiger partial charge in [-0.3, -0.25) is 0 Å². The molecule has 0 saturated heterocycles. The van der Waals surface area contributed by atoms with Crippen molar-refractivity contribution in [2.75, 3.05) is 6.61 Å². The zero-order valence-electron chi connectivity index (χ0n) is 9.31. The molecule has 0 spiro atoms. The molecular weight excluding hydrogens is 217 g/mol. The Kier molecular flexibility index (Phi) is 3.52. The molecule has 3 heteroatoms. The second-order valence-corrected chi connectivity index (χ2v) is 3.92. The van der Waals surface area contributed by atoms with Crippen molar-refractivity contribution in [1.82, 2.24) is 0 Å². The molecule has 2 rings (SSSR count). The van der Waals surface area contributed by atoms with Crippen LogP contribution in [-0.4, -0.2) is 11.7 Å². The summed E-state index contributed by atoms with van der Waals surface area (Å²) in [6.45, 7) is -0.0904. The van der Waals surface area contributed by atoms with Gasteiger partial charge in [-0.15, -0.1) is 0 Å². The van der Waals surface area contributed by atoms with Gasteiger partial charge in [0.05, 0.1) is 12.6 Å². The Labute approximate surface area is 99.5 Å². The molecule has 0 fully saturated rings. The fourth-order valence-corrected chi connectivity index (χ4v) is 1.70. The van der Waals surface area contributed by atoms with Crippen LogP contribution >= 0.6 is 0 Å². The van der Waals surface area contributed by atoms with E-state index in [0.717, 1.165) is 16.7 Å². The van der Waals surface area contributed by atoms with Crippen molar-refractivity contribution in [3.05, 3.63) is 59.9 Å². The van der Waals surface area contributed by atoms with Gasteiger partial charge in [0.2, 0.25) is 0 Å². The predicted molar refractivity (Wildman–Crippen MR) is 65.9 cm³/mol. The van der Waals surface area contributed by atoms with Crippen LogP contribution in [0.1, 0.15) is 11.6 Å². The van der Waals surface area contributed by atoms with Gasteiger partial charge in [-0.05, 0) is 34.9 Å². The summed E-state index contributed by atoms with van der Waals surface area (Å²) < 4.78 is 12.8. The molecule has 0 aliphatic heterocycles. The highest BCUT2D eigenvalue weighted by Crippen LogP contribution is 2.22. The first-order valence-corrected chi connectivity index (χ1v) is 5.43. The van der Waals surface area contributed by atoms with E-state index in [9.17, 15) is 4.39 Å². The first-order valence-electron chi connectivity index (χ1n) is 5.43. The van der Waals surface area contributed by atoms with Gasteiger partial charge in [0.1, 0.15) is 5.82 Å². The minimum absolute atomic E-state index is 0.0904. The molecular formula is C14H14FNO. The molecule has 2 aromatic rings. The molecule has 0 unspecified atom stereocenters. The smallest absolute Gasteiger partial charge is 0.123 e. The first-order chi connectivity index (χ1) is 8.20. The van der Waals surface area contributed by atoms with Crippen LogP contribution in [0.4, 0.5) is 4.39 Å². The fraction of sp³-hybridized carbons (Fsp3) is 0.143. The largest absolute Gasteiger partial charge is 0.394 e. The average Bonchev–Trinajstić information content (AvgIpc) is 2.39. The maximum Gasteiger partial charge on any atom is 0.123 e. The molecule has 0 heterocycles. The Morgan fingerprint density at radius 1 is 1.06 bits per heavy atom. The van der Waals surface area contributed by atoms with Crippen LogP contribution in [0.5, 0.6) is 0 Å². The van der Waals surface area contributed by atoms with Crippen molar-refractivity contribution in [3.63, 3.8) is 0 Å². The van der Waals surface area contributed by atoms with Crippen molar-refractivity contribution in [3.8, 4) is 11.1 Å². The molecule has 2 nitrogen and oxygen atoms in total. The van der Waals surface area contributed by atoms with Gasteiger partial charge < -0.3 is 10.8 Å². The third-order valence-electron chi connectivity index (χ3n) is 2.69. The lowest BCUT2D eigenvalue weighted by Gasteiger charge is -2.10. The molecule has 17 heavy (non-hydrogen) atoms. The zero-order valence-corrected chi connectivity index (χ0v) is 9.31. The average molecular weight is 231 g/mol. The summed E-state index contributed by atoms with van der Waals surface area (Å²) in [5, 5.41) is 9.01. The molecule has 0 aliphatic carbocycles. The summed E-state index contributed by atoms with van der Waals surface area (Å²) in [6, 6.07) is 13.5. The van der Waals surface area contributed by atoms with Gasteiger partial charge in [0.25, 0.3) is 0 Å². The first kappa shape index (κ1) is 11.8. The Morgan fingerprint density at radius 3 is 2.41 bits per heavy atom. The van der Waals surface area contributed by atoms with Gasteiger partial charge in [-0.2, -0.15) is 0 Å². The third kappa shape index (κ3) is 2.70. The van der Waals surface area contributed by atoms with Crippen molar-refractivity contribution in [1.29, 1.82) is 0 Å². The van der Waals surface area contributed by atoms with Crippen molar-refractivity contribution >= 4 is 0 Å². The van der Waals surface area contributed by atoms with E-state index in [1.165, 1.54) is 12.1 Å². The van der Waals surface area contributed by atoms with Crippen LogP contribution in [-0.2, 0) is 0 Å². The van der Waals surface area contributed by atoms with Gasteiger partial charge in [-0.25, -0.2) is 4.39 Å². The van der Waals surface area contributed by atoms with E-state index in [0.29, 0.717) is 0 Å². The highest BCUT2D eigenvalue weighted by atomic mass is 19.1. The topological polar surface area (TPSA) is 46.2 Å². The standard InChI is InChI=1S/C14H14FNO/c15-13-6-4-10(5-7-13)11-2-1-3-12(8-11)14(16)9-17/h1-8,14,17H,9,16H2/t14-/m0/s1. The normalized spacial score (nSPS) is 12.4. The zero-order chi connectivity index (χ0) is 12.3. The van der Waals surface area contributed by atoms with E-state index in [4.69, 9.17) is 10.8 Å². The van der Waals surface area contributed by atoms with Crippen LogP contribution in [0.3, 0.4) is 0 Å². The fourth-order valence-electron chi connectivity index (χ4n) is 1.70. The molecule has 0 aliphatic rings. The molecule has 88 valence electrons. The molecule has 0 bridgehead atoms. The number of hydrogen-bond acceptors (Lipinski definition) is 2. The Hall–Kier alpha value is -1.71. The summed E-state index contributed by atoms with van der Waals surface area (Å²) in [5.74, 6) is -0.253. The minimum Gasteiger partial charge on any atom is -0.394 e. The summed E-state index contributed by atoms with van der Waals surface area (Å²) >= 11 is 0. The van der Waals surface area contributed by atoms with Gasteiger partial charge in [0, 0.05) is 0 Å². The number of benzene rings is 2. The van der Waals surface area contributed by atoms with E-state index in [-0.39, 0.29) is 18.5 Å². The maximum absolute atomic E-state index is 12.8. The molecule has 0 aromatic heterocycles. The number of rotatable bonds is 3. The highest BCUT2D eigenvalue weighted by Gasteiger charge is 2.05. The van der Waals surface area contributed by atoms with Crippen LogP contribution < -0.4 is 5.73 Å². The summed E-state index contributed by atoms with van der Waals surface area (Å²) in [4.78, 5) is 0. The molecule has 0 radical (unpaired) electrons. The second-order valence-electron chi connectivity index (χ2n) is 3.92. The predicted octanol–water partition coefficient (Wildman–Crippen LogP) is 2.48. The van der Waals surface area contributed by atoms with E-state index in [1.54, 1.807) is 12.1 Å². The van der Waals surface area contributed by atoms with Crippen molar-refractivity contribution < 1.29 is 9.50 Å². The van der Waals surface area contributed by atoms with Gasteiger partial charge in [0.15, 0.2) is 0 Å². The number of aliphatic hydroxyl groups excluding tert-OH is 1. The SMILES string of the molecule is N[C@@H](CO)c1cccc(-c2ccc(F)cc2)c1. The second kappa shape index (κ2) is 5.08. The summed E-state index contributed by atoms with van der Waals surface area (Å²) in [7, 11) is 0. The van der Waals surface area contributed by atoms with Crippen LogP contribution in [0.25, 0.3) is 11.1 Å². The van der Waals surface area contributed by atoms with Crippen LogP contribution in [0.15, 0.2) is 48.5 Å². The number of nitrogens with two attached hydrogens (primary N) is 1. The molecule has 0 saturated carbocycles. The quantitative estimate of drug-likeness (QED) is 0.852. The monoisotopic (exact) mass is 231 g/mol. The van der Waals surface area contributed by atoms with E-state index < -0.39 is 0 Å². The Morgan fingerprint density at radius 2 is 1.76 bits per heavy atom. The lowest BCUT2D eigenvalue weighted by Crippen LogP contribution is -2.14. The van der Waals surface area contributed by atoms with E-state index in [1.807, 2.05) is 24.3 Å². The Balaban J connectivity index is 2.36. The molecule has 0 amide bonds. The third-order valence-corrected chi connectivity index (χ3v) is 2.69. The summed E-state index contributed by atoms with van der Waals surface area (Å²) in [5.41, 5.74) is 8.52. The number of hydrogen-bond donors (Lipinski definition) is 2.